The highest BCUT2D eigenvalue weighted by molar-refractivity contribution is 6.04. The van der Waals surface area contributed by atoms with Crippen molar-refractivity contribution < 1.29 is 32.2 Å². The SMILES string of the molecule is COc1ccc(OCc2cc(C(=O)Nc3cccc(C(F)(F)F)c3)ccc2OC)cc1. The van der Waals surface area contributed by atoms with Crippen LogP contribution in [0.3, 0.4) is 0 Å². The first kappa shape index (κ1) is 22.0. The van der Waals surface area contributed by atoms with Gasteiger partial charge in [0.2, 0.25) is 0 Å². The predicted octanol–water partition coefficient (Wildman–Crippen LogP) is 5.55. The van der Waals surface area contributed by atoms with E-state index in [1.807, 2.05) is 0 Å². The highest BCUT2D eigenvalue weighted by Crippen LogP contribution is 2.31. The smallest absolute Gasteiger partial charge is 0.416 e. The lowest BCUT2D eigenvalue weighted by Gasteiger charge is -2.13. The third kappa shape index (κ3) is 5.69. The van der Waals surface area contributed by atoms with Crippen LogP contribution in [0, 0.1) is 0 Å². The number of benzene rings is 3. The molecule has 0 fully saturated rings. The van der Waals surface area contributed by atoms with E-state index in [0.717, 1.165) is 12.1 Å². The Morgan fingerprint density at radius 1 is 0.903 bits per heavy atom. The fourth-order valence-corrected chi connectivity index (χ4v) is 2.84. The van der Waals surface area contributed by atoms with E-state index in [9.17, 15) is 18.0 Å². The van der Waals surface area contributed by atoms with Gasteiger partial charge in [-0.1, -0.05) is 6.07 Å². The number of ether oxygens (including phenoxy) is 3. The summed E-state index contributed by atoms with van der Waals surface area (Å²) >= 11 is 0. The molecule has 8 heteroatoms. The highest BCUT2D eigenvalue weighted by atomic mass is 19.4. The first-order valence-corrected chi connectivity index (χ1v) is 9.22. The molecule has 0 unspecified atom stereocenters. The van der Waals surface area contributed by atoms with Crippen LogP contribution in [0.4, 0.5) is 18.9 Å². The second-order valence-corrected chi connectivity index (χ2v) is 6.52. The minimum Gasteiger partial charge on any atom is -0.497 e. The number of carbonyl (C=O) groups excluding carboxylic acids is 1. The molecule has 0 heterocycles. The van der Waals surface area contributed by atoms with Gasteiger partial charge in [-0.05, 0) is 60.7 Å². The summed E-state index contributed by atoms with van der Waals surface area (Å²) in [5.41, 5.74) is 0.0711. The van der Waals surface area contributed by atoms with Gasteiger partial charge in [0.15, 0.2) is 0 Å². The molecule has 0 atom stereocenters. The van der Waals surface area contributed by atoms with Crippen molar-refractivity contribution in [3.8, 4) is 17.2 Å². The average Bonchev–Trinajstić information content (AvgIpc) is 2.77. The number of rotatable bonds is 7. The van der Waals surface area contributed by atoms with Crippen molar-refractivity contribution in [1.29, 1.82) is 0 Å². The topological polar surface area (TPSA) is 56.8 Å². The Kier molecular flexibility index (Phi) is 6.69. The van der Waals surface area contributed by atoms with E-state index in [1.165, 1.54) is 25.3 Å². The largest absolute Gasteiger partial charge is 0.497 e. The van der Waals surface area contributed by atoms with E-state index >= 15 is 0 Å². The summed E-state index contributed by atoms with van der Waals surface area (Å²) < 4.78 is 54.8. The lowest BCUT2D eigenvalue weighted by Crippen LogP contribution is -2.14. The molecule has 162 valence electrons. The Hall–Kier alpha value is -3.68. The standard InChI is InChI=1S/C23H20F3NO4/c1-29-19-7-9-20(10-8-19)31-14-16-12-15(6-11-21(16)30-2)22(28)27-18-5-3-4-17(13-18)23(24,25)26/h3-13H,14H2,1-2H3,(H,27,28). The van der Waals surface area contributed by atoms with Crippen molar-refractivity contribution in [2.45, 2.75) is 12.8 Å². The first-order valence-electron chi connectivity index (χ1n) is 9.22. The Balaban J connectivity index is 1.75. The molecule has 0 aliphatic heterocycles. The number of hydrogen-bond acceptors (Lipinski definition) is 4. The summed E-state index contributed by atoms with van der Waals surface area (Å²) in [5.74, 6) is 1.26. The molecule has 1 amide bonds. The van der Waals surface area contributed by atoms with E-state index in [-0.39, 0.29) is 17.9 Å². The molecule has 0 spiro atoms. The van der Waals surface area contributed by atoms with Crippen molar-refractivity contribution in [3.05, 3.63) is 83.4 Å². The van der Waals surface area contributed by atoms with Crippen LogP contribution in [0.15, 0.2) is 66.7 Å². The van der Waals surface area contributed by atoms with E-state index in [0.29, 0.717) is 22.8 Å². The lowest BCUT2D eigenvalue weighted by atomic mass is 10.1. The lowest BCUT2D eigenvalue weighted by molar-refractivity contribution is -0.137. The minimum atomic E-state index is -4.49. The summed E-state index contributed by atoms with van der Waals surface area (Å²) in [6, 6.07) is 16.2. The maximum absolute atomic E-state index is 12.9. The molecule has 3 aromatic rings. The first-order chi connectivity index (χ1) is 14.8. The second kappa shape index (κ2) is 9.42. The normalized spacial score (nSPS) is 11.0. The number of nitrogens with one attached hydrogen (secondary N) is 1. The van der Waals surface area contributed by atoms with Crippen molar-refractivity contribution >= 4 is 11.6 Å². The number of methoxy groups -OCH3 is 2. The molecule has 3 aromatic carbocycles. The van der Waals surface area contributed by atoms with Gasteiger partial charge in [-0.3, -0.25) is 4.79 Å². The van der Waals surface area contributed by atoms with Crippen molar-refractivity contribution in [3.63, 3.8) is 0 Å². The summed E-state index contributed by atoms with van der Waals surface area (Å²) in [7, 11) is 3.06. The van der Waals surface area contributed by atoms with E-state index in [4.69, 9.17) is 14.2 Å². The maximum Gasteiger partial charge on any atom is 0.416 e. The van der Waals surface area contributed by atoms with Crippen molar-refractivity contribution in [2.24, 2.45) is 0 Å². The van der Waals surface area contributed by atoms with Crippen LogP contribution in [-0.4, -0.2) is 20.1 Å². The molecule has 31 heavy (non-hydrogen) atoms. The monoisotopic (exact) mass is 431 g/mol. The van der Waals surface area contributed by atoms with Gasteiger partial charge in [-0.25, -0.2) is 0 Å². The van der Waals surface area contributed by atoms with Gasteiger partial charge in [0.25, 0.3) is 5.91 Å². The molecule has 0 saturated heterocycles. The van der Waals surface area contributed by atoms with Crippen molar-refractivity contribution in [1.82, 2.24) is 0 Å². The summed E-state index contributed by atoms with van der Waals surface area (Å²) in [6.07, 6.45) is -4.49. The Bertz CT molecular complexity index is 1050. The summed E-state index contributed by atoms with van der Waals surface area (Å²) in [4.78, 5) is 12.6. The predicted molar refractivity (Wildman–Crippen MR) is 110 cm³/mol. The Morgan fingerprint density at radius 3 is 2.26 bits per heavy atom. The number of halogens is 3. The van der Waals surface area contributed by atoms with Crippen LogP contribution in [-0.2, 0) is 12.8 Å². The second-order valence-electron chi connectivity index (χ2n) is 6.52. The minimum absolute atomic E-state index is 0.0478. The quantitative estimate of drug-likeness (QED) is 0.533. The van der Waals surface area contributed by atoms with Crippen molar-refractivity contribution in [2.75, 3.05) is 19.5 Å². The zero-order valence-corrected chi connectivity index (χ0v) is 16.8. The van der Waals surface area contributed by atoms with Gasteiger partial charge in [0.1, 0.15) is 23.9 Å². The van der Waals surface area contributed by atoms with E-state index in [1.54, 1.807) is 43.5 Å². The molecule has 1 N–H and O–H groups in total. The molecule has 5 nitrogen and oxygen atoms in total. The Morgan fingerprint density at radius 2 is 1.61 bits per heavy atom. The zero-order valence-electron chi connectivity index (χ0n) is 16.8. The van der Waals surface area contributed by atoms with Gasteiger partial charge in [-0.15, -0.1) is 0 Å². The molecule has 0 bridgehead atoms. The number of alkyl halides is 3. The van der Waals surface area contributed by atoms with Gasteiger partial charge in [-0.2, -0.15) is 13.2 Å². The van der Waals surface area contributed by atoms with Gasteiger partial charge < -0.3 is 19.5 Å². The van der Waals surface area contributed by atoms with Gasteiger partial charge >= 0.3 is 6.18 Å². The summed E-state index contributed by atoms with van der Waals surface area (Å²) in [5, 5.41) is 2.49. The van der Waals surface area contributed by atoms with E-state index < -0.39 is 17.6 Å². The number of carbonyl (C=O) groups is 1. The fraction of sp³-hybridized carbons (Fsp3) is 0.174. The fourth-order valence-electron chi connectivity index (χ4n) is 2.84. The zero-order chi connectivity index (χ0) is 22.4. The Labute approximate surface area is 177 Å². The molecular formula is C23H20F3NO4. The average molecular weight is 431 g/mol. The molecular weight excluding hydrogens is 411 g/mol. The van der Waals surface area contributed by atoms with Crippen LogP contribution < -0.4 is 19.5 Å². The number of hydrogen-bond donors (Lipinski definition) is 1. The van der Waals surface area contributed by atoms with Crippen LogP contribution in [0.2, 0.25) is 0 Å². The molecule has 0 aliphatic carbocycles. The van der Waals surface area contributed by atoms with Gasteiger partial charge in [0.05, 0.1) is 19.8 Å². The third-order valence-electron chi connectivity index (χ3n) is 4.44. The number of anilines is 1. The van der Waals surface area contributed by atoms with Crippen LogP contribution >= 0.6 is 0 Å². The van der Waals surface area contributed by atoms with E-state index in [2.05, 4.69) is 5.32 Å². The molecule has 0 aliphatic rings. The van der Waals surface area contributed by atoms with Crippen LogP contribution in [0.1, 0.15) is 21.5 Å². The highest BCUT2D eigenvalue weighted by Gasteiger charge is 2.30. The number of amides is 1. The van der Waals surface area contributed by atoms with Crippen LogP contribution in [0.25, 0.3) is 0 Å². The molecule has 0 aromatic heterocycles. The van der Waals surface area contributed by atoms with Crippen LogP contribution in [0.5, 0.6) is 17.2 Å². The van der Waals surface area contributed by atoms with Gasteiger partial charge in [0, 0.05) is 16.8 Å². The molecule has 3 rings (SSSR count). The molecule has 0 saturated carbocycles. The maximum atomic E-state index is 12.9. The summed E-state index contributed by atoms with van der Waals surface area (Å²) in [6.45, 7) is 0.125. The third-order valence-corrected chi connectivity index (χ3v) is 4.44. The molecule has 0 radical (unpaired) electrons.